The molecule has 3 rings (SSSR count). The fourth-order valence-electron chi connectivity index (χ4n) is 2.65. The molecule has 1 fully saturated rings. The third kappa shape index (κ3) is 4.17. The van der Waals surface area contributed by atoms with Crippen molar-refractivity contribution in [2.75, 3.05) is 25.5 Å². The van der Waals surface area contributed by atoms with Crippen molar-refractivity contribution in [1.82, 2.24) is 4.90 Å². The minimum atomic E-state index is 0.0308. The summed E-state index contributed by atoms with van der Waals surface area (Å²) < 4.78 is 0. The van der Waals surface area contributed by atoms with Crippen LogP contribution in [-0.2, 0) is 4.79 Å². The number of thioether (sulfide) groups is 1. The first-order valence-corrected chi connectivity index (χ1v) is 9.52. The van der Waals surface area contributed by atoms with Crippen molar-refractivity contribution in [3.05, 3.63) is 65.1 Å². The number of hydrogen-bond acceptors (Lipinski definition) is 4. The first kappa shape index (κ1) is 18.3. The molecular weight excluding hydrogens is 342 g/mol. The van der Waals surface area contributed by atoms with Gasteiger partial charge < -0.3 is 4.90 Å². The van der Waals surface area contributed by atoms with Crippen LogP contribution < -0.4 is 4.90 Å². The lowest BCUT2D eigenvalue weighted by Gasteiger charge is -2.13. The first-order chi connectivity index (χ1) is 12.6. The van der Waals surface area contributed by atoms with E-state index in [-0.39, 0.29) is 5.91 Å². The lowest BCUT2D eigenvalue weighted by Crippen LogP contribution is -2.29. The summed E-state index contributed by atoms with van der Waals surface area (Å²) in [5, 5.41) is 0.749. The predicted octanol–water partition coefficient (Wildman–Crippen LogP) is 4.77. The van der Waals surface area contributed by atoms with Crippen molar-refractivity contribution < 1.29 is 4.79 Å². The van der Waals surface area contributed by atoms with Gasteiger partial charge in [-0.2, -0.15) is 0 Å². The van der Waals surface area contributed by atoms with Crippen LogP contribution in [0.25, 0.3) is 6.08 Å². The SMILES string of the molecule is CCCN1C(=O)/C(=C/c2ccc(N(C)C)cc2)SC1=Nc1ccccc1. The monoisotopic (exact) mass is 365 g/mol. The van der Waals surface area contributed by atoms with Crippen LogP contribution in [0.15, 0.2) is 64.5 Å². The van der Waals surface area contributed by atoms with Gasteiger partial charge in [0.25, 0.3) is 5.91 Å². The number of hydrogen-bond donors (Lipinski definition) is 0. The Kier molecular flexibility index (Phi) is 5.78. The highest BCUT2D eigenvalue weighted by Crippen LogP contribution is 2.34. The van der Waals surface area contributed by atoms with E-state index in [1.165, 1.54) is 11.8 Å². The fraction of sp³-hybridized carbons (Fsp3) is 0.238. The lowest BCUT2D eigenvalue weighted by atomic mass is 10.2. The normalized spacial score (nSPS) is 17.3. The standard InChI is InChI=1S/C21H23N3OS/c1-4-14-24-20(25)19(15-16-10-12-18(13-11-16)23(2)3)26-21(24)22-17-8-6-5-7-9-17/h5-13,15H,4,14H2,1-3H3/b19-15-,22-21?. The van der Waals surface area contributed by atoms with Gasteiger partial charge in [-0.3, -0.25) is 9.69 Å². The molecule has 4 nitrogen and oxygen atoms in total. The summed E-state index contributed by atoms with van der Waals surface area (Å²) in [5.74, 6) is 0.0308. The van der Waals surface area contributed by atoms with E-state index < -0.39 is 0 Å². The average molecular weight is 366 g/mol. The number of rotatable bonds is 5. The van der Waals surface area contributed by atoms with Gasteiger partial charge in [-0.1, -0.05) is 37.3 Å². The van der Waals surface area contributed by atoms with Crippen LogP contribution in [0.3, 0.4) is 0 Å². The smallest absolute Gasteiger partial charge is 0.266 e. The highest BCUT2D eigenvalue weighted by Gasteiger charge is 2.32. The van der Waals surface area contributed by atoms with Crippen molar-refractivity contribution in [1.29, 1.82) is 0 Å². The minimum Gasteiger partial charge on any atom is -0.378 e. The van der Waals surface area contributed by atoms with Crippen molar-refractivity contribution in [2.45, 2.75) is 13.3 Å². The zero-order chi connectivity index (χ0) is 18.5. The van der Waals surface area contributed by atoms with Crippen molar-refractivity contribution in [2.24, 2.45) is 4.99 Å². The molecule has 0 spiro atoms. The molecule has 0 aliphatic carbocycles. The molecule has 0 N–H and O–H groups in total. The Morgan fingerprint density at radius 2 is 1.77 bits per heavy atom. The number of para-hydroxylation sites is 1. The number of aliphatic imine (C=N–C) groups is 1. The maximum Gasteiger partial charge on any atom is 0.266 e. The molecule has 0 bridgehead atoms. The van der Waals surface area contributed by atoms with E-state index in [1.54, 1.807) is 4.90 Å². The van der Waals surface area contributed by atoms with Gasteiger partial charge in [-0.15, -0.1) is 0 Å². The fourth-order valence-corrected chi connectivity index (χ4v) is 3.67. The summed E-state index contributed by atoms with van der Waals surface area (Å²) >= 11 is 1.44. The summed E-state index contributed by atoms with van der Waals surface area (Å²) in [6.45, 7) is 2.74. The van der Waals surface area contributed by atoms with Crippen LogP contribution in [0, 0.1) is 0 Å². The molecule has 1 aliphatic rings. The number of nitrogens with zero attached hydrogens (tertiary/aromatic N) is 3. The zero-order valence-electron chi connectivity index (χ0n) is 15.3. The Bertz CT molecular complexity index is 826. The van der Waals surface area contributed by atoms with Gasteiger partial charge in [0.15, 0.2) is 5.17 Å². The van der Waals surface area contributed by atoms with Crippen molar-refractivity contribution >= 4 is 40.3 Å². The van der Waals surface area contributed by atoms with Gasteiger partial charge in [0.05, 0.1) is 10.6 Å². The van der Waals surface area contributed by atoms with E-state index in [4.69, 9.17) is 0 Å². The number of amides is 1. The molecule has 0 aromatic heterocycles. The molecule has 0 atom stereocenters. The number of amidine groups is 1. The second-order valence-corrected chi connectivity index (χ2v) is 7.29. The van der Waals surface area contributed by atoms with Gasteiger partial charge in [-0.25, -0.2) is 4.99 Å². The summed E-state index contributed by atoms with van der Waals surface area (Å²) in [6.07, 6.45) is 2.84. The van der Waals surface area contributed by atoms with Crippen molar-refractivity contribution in [3.8, 4) is 0 Å². The van der Waals surface area contributed by atoms with E-state index in [0.29, 0.717) is 11.4 Å². The van der Waals surface area contributed by atoms with E-state index >= 15 is 0 Å². The van der Waals surface area contributed by atoms with Crippen LogP contribution in [-0.4, -0.2) is 36.6 Å². The molecule has 0 saturated carbocycles. The maximum atomic E-state index is 12.8. The topological polar surface area (TPSA) is 35.9 Å². The van der Waals surface area contributed by atoms with Crippen LogP contribution in [0.2, 0.25) is 0 Å². The quantitative estimate of drug-likeness (QED) is 0.716. The molecule has 26 heavy (non-hydrogen) atoms. The highest BCUT2D eigenvalue weighted by atomic mass is 32.2. The molecule has 5 heteroatoms. The average Bonchev–Trinajstić information content (AvgIpc) is 2.92. The largest absolute Gasteiger partial charge is 0.378 e. The molecule has 2 aromatic rings. The molecule has 1 aliphatic heterocycles. The van der Waals surface area contributed by atoms with Crippen LogP contribution in [0.4, 0.5) is 11.4 Å². The number of anilines is 1. The second kappa shape index (κ2) is 8.23. The van der Waals surface area contributed by atoms with E-state index in [0.717, 1.165) is 28.5 Å². The summed E-state index contributed by atoms with van der Waals surface area (Å²) in [7, 11) is 4.03. The highest BCUT2D eigenvalue weighted by molar-refractivity contribution is 8.18. The van der Waals surface area contributed by atoms with E-state index in [9.17, 15) is 4.79 Å². The summed E-state index contributed by atoms with van der Waals surface area (Å²) in [4.78, 5) is 22.0. The van der Waals surface area contributed by atoms with Gasteiger partial charge >= 0.3 is 0 Å². The number of carbonyl (C=O) groups is 1. The van der Waals surface area contributed by atoms with Gasteiger partial charge in [0.2, 0.25) is 0 Å². The van der Waals surface area contributed by atoms with Crippen molar-refractivity contribution in [3.63, 3.8) is 0 Å². The Labute approximate surface area is 159 Å². The Morgan fingerprint density at radius 1 is 1.08 bits per heavy atom. The Balaban J connectivity index is 1.89. The molecular formula is C21H23N3OS. The van der Waals surface area contributed by atoms with Gasteiger partial charge in [0, 0.05) is 26.3 Å². The predicted molar refractivity (Wildman–Crippen MR) is 112 cm³/mol. The van der Waals surface area contributed by atoms with Crippen LogP contribution in [0.1, 0.15) is 18.9 Å². The molecule has 1 saturated heterocycles. The van der Waals surface area contributed by atoms with Gasteiger partial charge in [-0.05, 0) is 54.1 Å². The van der Waals surface area contributed by atoms with Crippen LogP contribution in [0.5, 0.6) is 0 Å². The molecule has 2 aromatic carbocycles. The first-order valence-electron chi connectivity index (χ1n) is 8.71. The maximum absolute atomic E-state index is 12.8. The van der Waals surface area contributed by atoms with Gasteiger partial charge in [0.1, 0.15) is 0 Å². The molecule has 0 unspecified atom stereocenters. The number of benzene rings is 2. The molecule has 1 heterocycles. The third-order valence-corrected chi connectivity index (χ3v) is 5.03. The Morgan fingerprint density at radius 3 is 2.38 bits per heavy atom. The zero-order valence-corrected chi connectivity index (χ0v) is 16.2. The Hall–Kier alpha value is -2.53. The molecule has 1 amide bonds. The third-order valence-electron chi connectivity index (χ3n) is 4.02. The summed E-state index contributed by atoms with van der Waals surface area (Å²) in [5.41, 5.74) is 3.01. The van der Waals surface area contributed by atoms with E-state index in [1.807, 2.05) is 62.6 Å². The number of carbonyl (C=O) groups excluding carboxylic acids is 1. The van der Waals surface area contributed by atoms with E-state index in [2.05, 4.69) is 28.9 Å². The lowest BCUT2D eigenvalue weighted by molar-refractivity contribution is -0.122. The molecule has 0 radical (unpaired) electrons. The van der Waals surface area contributed by atoms with Crippen LogP contribution >= 0.6 is 11.8 Å². The second-order valence-electron chi connectivity index (χ2n) is 6.28. The minimum absolute atomic E-state index is 0.0308. The molecule has 134 valence electrons. The summed E-state index contributed by atoms with van der Waals surface area (Å²) in [6, 6.07) is 17.9.